The van der Waals surface area contributed by atoms with Gasteiger partial charge in [-0.1, -0.05) is 36.4 Å². The van der Waals surface area contributed by atoms with Crippen molar-refractivity contribution in [2.75, 3.05) is 39.0 Å². The van der Waals surface area contributed by atoms with Crippen molar-refractivity contribution in [2.45, 2.75) is 0 Å². The zero-order valence-electron chi connectivity index (χ0n) is 19.5. The molecule has 0 bridgehead atoms. The van der Waals surface area contributed by atoms with Crippen molar-refractivity contribution in [3.05, 3.63) is 89.0 Å². The number of nitrogens with one attached hydrogen (secondary N) is 1. The molecule has 0 saturated carbocycles. The number of carbonyl (C=O) groups is 2. The lowest BCUT2D eigenvalue weighted by atomic mass is 10.2. The second-order valence-electron chi connectivity index (χ2n) is 8.22. The largest absolute Gasteiger partial charge is 0.327 e. The van der Waals surface area contributed by atoms with Crippen molar-refractivity contribution >= 4 is 29.1 Å². The topological polar surface area (TPSA) is 70.5 Å². The molecule has 0 fully saturated rings. The van der Waals surface area contributed by atoms with E-state index in [9.17, 15) is 14.0 Å². The molecule has 0 atom stereocenters. The Bertz CT molecular complexity index is 1270. The lowest BCUT2D eigenvalue weighted by molar-refractivity contribution is -0.117. The molecule has 2 aromatic heterocycles. The number of nitrogens with zero attached hydrogens (tertiary/aromatic N) is 4. The first-order chi connectivity index (χ1) is 16.9. The van der Waals surface area contributed by atoms with Crippen molar-refractivity contribution < 1.29 is 14.0 Å². The average molecular weight is 492 g/mol. The highest BCUT2D eigenvalue weighted by Gasteiger charge is 2.21. The van der Waals surface area contributed by atoms with E-state index in [4.69, 9.17) is 0 Å². The predicted molar refractivity (Wildman–Crippen MR) is 136 cm³/mol. The molecular weight excluding hydrogens is 465 g/mol. The quantitative estimate of drug-likeness (QED) is 0.377. The third-order valence-corrected chi connectivity index (χ3v) is 6.16. The number of aromatic nitrogens is 2. The second-order valence-corrected chi connectivity index (χ2v) is 9.17. The molecule has 4 rings (SSSR count). The second kappa shape index (κ2) is 11.1. The van der Waals surface area contributed by atoms with Crippen LogP contribution in [0.15, 0.2) is 78.3 Å². The minimum atomic E-state index is -0.373. The van der Waals surface area contributed by atoms with Crippen molar-refractivity contribution in [3.8, 4) is 16.9 Å². The highest BCUT2D eigenvalue weighted by molar-refractivity contribution is 7.12. The third-order valence-electron chi connectivity index (χ3n) is 5.30. The molecule has 35 heavy (non-hydrogen) atoms. The van der Waals surface area contributed by atoms with E-state index in [0.29, 0.717) is 29.3 Å². The van der Waals surface area contributed by atoms with Crippen molar-refractivity contribution in [3.63, 3.8) is 0 Å². The number of thiophene rings is 1. The lowest BCUT2D eigenvalue weighted by Crippen LogP contribution is -2.41. The van der Waals surface area contributed by atoms with Crippen LogP contribution in [0.4, 0.5) is 10.3 Å². The summed E-state index contributed by atoms with van der Waals surface area (Å²) >= 11 is 1.34. The maximum absolute atomic E-state index is 13.5. The molecule has 0 unspecified atom stereocenters. The maximum Gasteiger partial charge on any atom is 0.264 e. The number of anilines is 1. The fourth-order valence-corrected chi connectivity index (χ4v) is 4.17. The van der Waals surface area contributed by atoms with E-state index < -0.39 is 0 Å². The van der Waals surface area contributed by atoms with Crippen LogP contribution in [-0.4, -0.2) is 64.9 Å². The average Bonchev–Trinajstić information content (AvgIpc) is 3.53. The summed E-state index contributed by atoms with van der Waals surface area (Å²) in [6.45, 7) is 0.896. The van der Waals surface area contributed by atoms with Gasteiger partial charge in [0.25, 0.3) is 5.91 Å². The first kappa shape index (κ1) is 24.3. The molecule has 0 spiro atoms. The van der Waals surface area contributed by atoms with E-state index in [1.54, 1.807) is 29.0 Å². The molecule has 9 heteroatoms. The fraction of sp³-hybridized carbons (Fsp3) is 0.192. The number of rotatable bonds is 9. The molecule has 0 aliphatic heterocycles. The first-order valence-electron chi connectivity index (χ1n) is 11.1. The number of benzene rings is 2. The number of halogens is 1. The highest BCUT2D eigenvalue weighted by Crippen LogP contribution is 2.24. The molecular formula is C26H26FN5O2S. The third kappa shape index (κ3) is 6.20. The summed E-state index contributed by atoms with van der Waals surface area (Å²) in [5.41, 5.74) is 2.18. The summed E-state index contributed by atoms with van der Waals surface area (Å²) in [6.07, 6.45) is 1.79. The van der Waals surface area contributed by atoms with Crippen LogP contribution in [0.2, 0.25) is 0 Å². The Balaban J connectivity index is 1.59. The first-order valence-corrected chi connectivity index (χ1v) is 12.0. The highest BCUT2D eigenvalue weighted by atomic mass is 32.1. The lowest BCUT2D eigenvalue weighted by Gasteiger charge is -2.23. The molecule has 0 aliphatic rings. The van der Waals surface area contributed by atoms with Crippen LogP contribution in [0.25, 0.3) is 16.9 Å². The summed E-state index contributed by atoms with van der Waals surface area (Å²) in [5.74, 6) is -0.631. The summed E-state index contributed by atoms with van der Waals surface area (Å²) in [6, 6.07) is 19.1. The normalized spacial score (nSPS) is 11.0. The number of likely N-dealkylation sites (N-methyl/N-ethyl adjacent to an activating group) is 1. The van der Waals surface area contributed by atoms with Crippen LogP contribution in [0, 0.1) is 5.82 Å². The summed E-state index contributed by atoms with van der Waals surface area (Å²) in [7, 11) is 3.83. The van der Waals surface area contributed by atoms with Crippen LogP contribution in [0.3, 0.4) is 0 Å². The van der Waals surface area contributed by atoms with Gasteiger partial charge in [0.2, 0.25) is 11.9 Å². The Kier molecular flexibility index (Phi) is 7.69. The Labute approximate surface area is 207 Å². The summed E-state index contributed by atoms with van der Waals surface area (Å²) in [5, 5.41) is 4.68. The molecule has 4 aromatic rings. The maximum atomic E-state index is 13.5. The van der Waals surface area contributed by atoms with Gasteiger partial charge in [0.15, 0.2) is 0 Å². The van der Waals surface area contributed by atoms with Gasteiger partial charge in [-0.05, 0) is 49.8 Å². The number of amides is 2. The smallest absolute Gasteiger partial charge is 0.264 e. The number of hydrogen-bond donors (Lipinski definition) is 1. The molecule has 2 heterocycles. The summed E-state index contributed by atoms with van der Waals surface area (Å²) < 4.78 is 15.2. The fourth-order valence-electron chi connectivity index (χ4n) is 3.48. The molecule has 2 aromatic carbocycles. The van der Waals surface area contributed by atoms with E-state index in [2.05, 4.69) is 10.3 Å². The minimum Gasteiger partial charge on any atom is -0.327 e. The van der Waals surface area contributed by atoms with Gasteiger partial charge in [0.1, 0.15) is 12.4 Å². The Morgan fingerprint density at radius 1 is 1.00 bits per heavy atom. The number of carbonyl (C=O) groups excluding carboxylic acids is 2. The van der Waals surface area contributed by atoms with Crippen LogP contribution >= 0.6 is 11.3 Å². The molecule has 7 nitrogen and oxygen atoms in total. The van der Waals surface area contributed by atoms with E-state index >= 15 is 0 Å². The Hall–Kier alpha value is -3.82. The van der Waals surface area contributed by atoms with Gasteiger partial charge < -0.3 is 9.80 Å². The minimum absolute atomic E-state index is 0.123. The standard InChI is InChI=1S/C26H26FN5O2S/c1-30(2)14-15-31(25(34)23-9-6-16-35-23)18-24(33)29-26-28-22(19-7-4-3-5-8-19)17-32(26)21-12-10-20(27)11-13-21/h3-13,16-17H,14-15,18H2,1-2H3,(H,28,29,33). The molecule has 180 valence electrons. The van der Waals surface area contributed by atoms with Crippen molar-refractivity contribution in [1.29, 1.82) is 0 Å². The van der Waals surface area contributed by atoms with E-state index in [-0.39, 0.29) is 30.1 Å². The van der Waals surface area contributed by atoms with E-state index in [1.165, 1.54) is 28.4 Å². The molecule has 1 N–H and O–H groups in total. The SMILES string of the molecule is CN(C)CCN(CC(=O)Nc1nc(-c2ccccc2)cn1-c1ccc(F)cc1)C(=O)c1cccs1. The van der Waals surface area contributed by atoms with Gasteiger partial charge in [-0.15, -0.1) is 11.3 Å². The van der Waals surface area contributed by atoms with Gasteiger partial charge in [0.05, 0.1) is 10.6 Å². The van der Waals surface area contributed by atoms with Gasteiger partial charge in [0, 0.05) is 30.5 Å². The number of hydrogen-bond acceptors (Lipinski definition) is 5. The van der Waals surface area contributed by atoms with Gasteiger partial charge in [-0.3, -0.25) is 19.5 Å². The van der Waals surface area contributed by atoms with Crippen LogP contribution in [-0.2, 0) is 4.79 Å². The van der Waals surface area contributed by atoms with Crippen LogP contribution in [0.5, 0.6) is 0 Å². The van der Waals surface area contributed by atoms with E-state index in [0.717, 1.165) is 5.56 Å². The van der Waals surface area contributed by atoms with Crippen LogP contribution in [0.1, 0.15) is 9.67 Å². The van der Waals surface area contributed by atoms with Crippen molar-refractivity contribution in [2.24, 2.45) is 0 Å². The van der Waals surface area contributed by atoms with E-state index in [1.807, 2.05) is 60.8 Å². The molecule has 0 radical (unpaired) electrons. The zero-order chi connectivity index (χ0) is 24.8. The van der Waals surface area contributed by atoms with Crippen molar-refractivity contribution in [1.82, 2.24) is 19.4 Å². The van der Waals surface area contributed by atoms with Gasteiger partial charge in [-0.2, -0.15) is 0 Å². The number of imidazole rings is 1. The molecule has 0 aliphatic carbocycles. The predicted octanol–water partition coefficient (Wildman–Crippen LogP) is 4.38. The molecule has 2 amide bonds. The van der Waals surface area contributed by atoms with Crippen LogP contribution < -0.4 is 5.32 Å². The monoisotopic (exact) mass is 491 g/mol. The van der Waals surface area contributed by atoms with Gasteiger partial charge >= 0.3 is 0 Å². The Morgan fingerprint density at radius 2 is 1.74 bits per heavy atom. The molecule has 0 saturated heterocycles. The zero-order valence-corrected chi connectivity index (χ0v) is 20.3. The Morgan fingerprint density at radius 3 is 2.40 bits per heavy atom. The summed E-state index contributed by atoms with van der Waals surface area (Å²) in [4.78, 5) is 34.8. The van der Waals surface area contributed by atoms with Gasteiger partial charge in [-0.25, -0.2) is 9.37 Å².